The van der Waals surface area contributed by atoms with Crippen LogP contribution in [0.1, 0.15) is 16.7 Å². The summed E-state index contributed by atoms with van der Waals surface area (Å²) in [6.45, 7) is 2.51. The first-order valence-electron chi connectivity index (χ1n) is 7.56. The molecule has 0 aromatic heterocycles. The summed E-state index contributed by atoms with van der Waals surface area (Å²) >= 11 is 0. The third kappa shape index (κ3) is 3.74. The van der Waals surface area contributed by atoms with Crippen LogP contribution in [0.5, 0.6) is 5.75 Å². The van der Waals surface area contributed by atoms with Crippen LogP contribution < -0.4 is 4.74 Å². The summed E-state index contributed by atoms with van der Waals surface area (Å²) in [7, 11) is 2.08. The van der Waals surface area contributed by atoms with Crippen molar-refractivity contribution in [2.24, 2.45) is 0 Å². The van der Waals surface area contributed by atoms with Gasteiger partial charge in [0.05, 0.1) is 6.61 Å². The SMILES string of the molecule is CN(CC=Cc1cccc(F)c1)Cc1ccc2c(c1)CCO2. The zero-order valence-corrected chi connectivity index (χ0v) is 12.8. The first kappa shape index (κ1) is 14.8. The van der Waals surface area contributed by atoms with Crippen molar-refractivity contribution in [2.75, 3.05) is 20.2 Å². The topological polar surface area (TPSA) is 12.5 Å². The van der Waals surface area contributed by atoms with Crippen LogP contribution >= 0.6 is 0 Å². The van der Waals surface area contributed by atoms with Gasteiger partial charge in [-0.05, 0) is 41.9 Å². The van der Waals surface area contributed by atoms with E-state index in [0.29, 0.717) is 0 Å². The summed E-state index contributed by atoms with van der Waals surface area (Å²) in [5, 5.41) is 0. The molecular weight excluding hydrogens is 277 g/mol. The molecule has 2 aromatic rings. The lowest BCUT2D eigenvalue weighted by atomic mass is 10.1. The maximum atomic E-state index is 13.1. The number of fused-ring (bicyclic) bond motifs is 1. The van der Waals surface area contributed by atoms with Crippen molar-refractivity contribution in [3.05, 3.63) is 71.0 Å². The van der Waals surface area contributed by atoms with Gasteiger partial charge >= 0.3 is 0 Å². The minimum atomic E-state index is -0.198. The van der Waals surface area contributed by atoms with Crippen molar-refractivity contribution in [1.29, 1.82) is 0 Å². The Morgan fingerprint density at radius 1 is 1.23 bits per heavy atom. The molecule has 2 aromatic carbocycles. The highest BCUT2D eigenvalue weighted by atomic mass is 19.1. The van der Waals surface area contributed by atoms with Crippen molar-refractivity contribution >= 4 is 6.08 Å². The van der Waals surface area contributed by atoms with Gasteiger partial charge in [0.15, 0.2) is 0 Å². The molecule has 0 saturated heterocycles. The van der Waals surface area contributed by atoms with Crippen LogP contribution in [-0.4, -0.2) is 25.1 Å². The summed E-state index contributed by atoms with van der Waals surface area (Å²) in [4.78, 5) is 2.23. The molecule has 0 amide bonds. The first-order valence-corrected chi connectivity index (χ1v) is 7.56. The number of hydrogen-bond donors (Lipinski definition) is 0. The monoisotopic (exact) mass is 297 g/mol. The van der Waals surface area contributed by atoms with Crippen LogP contribution in [0.15, 0.2) is 48.5 Å². The summed E-state index contributed by atoms with van der Waals surface area (Å²) in [5.74, 6) is 0.827. The molecule has 3 rings (SSSR count). The second-order valence-corrected chi connectivity index (χ2v) is 5.69. The Hall–Kier alpha value is -2.13. The Kier molecular flexibility index (Phi) is 4.54. The van der Waals surface area contributed by atoms with Crippen LogP contribution in [0, 0.1) is 5.82 Å². The van der Waals surface area contributed by atoms with E-state index in [2.05, 4.69) is 36.2 Å². The fraction of sp³-hybridized carbons (Fsp3) is 0.263. The van der Waals surface area contributed by atoms with Crippen LogP contribution in [-0.2, 0) is 13.0 Å². The largest absolute Gasteiger partial charge is 0.493 e. The molecule has 22 heavy (non-hydrogen) atoms. The number of rotatable bonds is 5. The predicted octanol–water partition coefficient (Wildman–Crippen LogP) is 3.91. The molecule has 1 heterocycles. The van der Waals surface area contributed by atoms with Crippen LogP contribution in [0.4, 0.5) is 4.39 Å². The van der Waals surface area contributed by atoms with E-state index in [1.54, 1.807) is 6.07 Å². The molecule has 0 saturated carbocycles. The fourth-order valence-electron chi connectivity index (χ4n) is 2.69. The standard InChI is InChI=1S/C19H20FNO/c1-21(10-3-5-15-4-2-6-18(20)13-15)14-16-7-8-19-17(12-16)9-11-22-19/h2-8,12-13H,9-11,14H2,1H3. The van der Waals surface area contributed by atoms with Gasteiger partial charge in [0, 0.05) is 19.5 Å². The Bertz CT molecular complexity index is 681. The molecule has 0 atom stereocenters. The molecule has 0 unspecified atom stereocenters. The lowest BCUT2D eigenvalue weighted by molar-refractivity contribution is 0.356. The van der Waals surface area contributed by atoms with Gasteiger partial charge in [-0.25, -0.2) is 4.39 Å². The Morgan fingerprint density at radius 2 is 2.14 bits per heavy atom. The van der Waals surface area contributed by atoms with Gasteiger partial charge in [-0.2, -0.15) is 0 Å². The quantitative estimate of drug-likeness (QED) is 0.830. The Balaban J connectivity index is 1.55. The lowest BCUT2D eigenvalue weighted by Crippen LogP contribution is -2.17. The number of likely N-dealkylation sites (N-methyl/N-ethyl adjacent to an activating group) is 1. The first-order chi connectivity index (χ1) is 10.7. The third-order valence-electron chi connectivity index (χ3n) is 3.78. The second-order valence-electron chi connectivity index (χ2n) is 5.69. The molecule has 0 aliphatic carbocycles. The highest BCUT2D eigenvalue weighted by Gasteiger charge is 2.12. The van der Waals surface area contributed by atoms with E-state index in [9.17, 15) is 4.39 Å². The highest BCUT2D eigenvalue weighted by molar-refractivity contribution is 5.49. The van der Waals surface area contributed by atoms with E-state index >= 15 is 0 Å². The van der Waals surface area contributed by atoms with E-state index < -0.39 is 0 Å². The van der Waals surface area contributed by atoms with Crippen LogP contribution in [0.3, 0.4) is 0 Å². The highest BCUT2D eigenvalue weighted by Crippen LogP contribution is 2.26. The Morgan fingerprint density at radius 3 is 3.00 bits per heavy atom. The van der Waals surface area contributed by atoms with E-state index in [4.69, 9.17) is 4.74 Å². The maximum absolute atomic E-state index is 13.1. The summed E-state index contributed by atoms with van der Waals surface area (Å²) in [6.07, 6.45) is 5.02. The van der Waals surface area contributed by atoms with E-state index in [1.807, 2.05) is 12.1 Å². The summed E-state index contributed by atoms with van der Waals surface area (Å²) < 4.78 is 18.6. The molecule has 0 fully saturated rings. The molecule has 114 valence electrons. The van der Waals surface area contributed by atoms with Gasteiger partial charge < -0.3 is 4.74 Å². The normalized spacial score (nSPS) is 13.6. The van der Waals surface area contributed by atoms with E-state index in [0.717, 1.165) is 37.4 Å². The number of halogens is 1. The van der Waals surface area contributed by atoms with Gasteiger partial charge in [-0.3, -0.25) is 4.90 Å². The van der Waals surface area contributed by atoms with Gasteiger partial charge in [-0.15, -0.1) is 0 Å². The van der Waals surface area contributed by atoms with Gasteiger partial charge in [-0.1, -0.05) is 36.4 Å². The average Bonchev–Trinajstić information content (AvgIpc) is 2.95. The fourth-order valence-corrected chi connectivity index (χ4v) is 2.69. The predicted molar refractivity (Wildman–Crippen MR) is 87.4 cm³/mol. The molecule has 3 heteroatoms. The zero-order valence-electron chi connectivity index (χ0n) is 12.8. The maximum Gasteiger partial charge on any atom is 0.123 e. The molecule has 0 spiro atoms. The molecule has 1 aliphatic rings. The van der Waals surface area contributed by atoms with E-state index in [1.165, 1.54) is 23.3 Å². The van der Waals surface area contributed by atoms with Crippen LogP contribution in [0.2, 0.25) is 0 Å². The second kappa shape index (κ2) is 6.75. The molecule has 0 radical (unpaired) electrons. The smallest absolute Gasteiger partial charge is 0.123 e. The Labute approximate surface area is 130 Å². The zero-order chi connectivity index (χ0) is 15.4. The van der Waals surface area contributed by atoms with Gasteiger partial charge in [0.25, 0.3) is 0 Å². The van der Waals surface area contributed by atoms with E-state index in [-0.39, 0.29) is 5.82 Å². The van der Waals surface area contributed by atoms with Crippen molar-refractivity contribution in [1.82, 2.24) is 4.90 Å². The summed E-state index contributed by atoms with van der Waals surface area (Å²) in [6, 6.07) is 13.0. The number of ether oxygens (including phenoxy) is 1. The number of hydrogen-bond acceptors (Lipinski definition) is 2. The molecule has 0 N–H and O–H groups in total. The molecule has 2 nitrogen and oxygen atoms in total. The van der Waals surface area contributed by atoms with Gasteiger partial charge in [0.1, 0.15) is 11.6 Å². The number of benzene rings is 2. The van der Waals surface area contributed by atoms with Crippen LogP contribution in [0.25, 0.3) is 6.08 Å². The van der Waals surface area contributed by atoms with Crippen molar-refractivity contribution < 1.29 is 9.13 Å². The van der Waals surface area contributed by atoms with Crippen molar-refractivity contribution in [2.45, 2.75) is 13.0 Å². The molecule has 0 bridgehead atoms. The summed E-state index contributed by atoms with van der Waals surface area (Å²) in [5.41, 5.74) is 3.50. The average molecular weight is 297 g/mol. The lowest BCUT2D eigenvalue weighted by Gasteiger charge is -2.15. The number of nitrogens with zero attached hydrogens (tertiary/aromatic N) is 1. The van der Waals surface area contributed by atoms with Crippen molar-refractivity contribution in [3.8, 4) is 5.75 Å². The van der Waals surface area contributed by atoms with Gasteiger partial charge in [0.2, 0.25) is 0 Å². The minimum absolute atomic E-state index is 0.198. The minimum Gasteiger partial charge on any atom is -0.493 e. The van der Waals surface area contributed by atoms with Crippen molar-refractivity contribution in [3.63, 3.8) is 0 Å². The molecule has 1 aliphatic heterocycles. The third-order valence-corrected chi connectivity index (χ3v) is 3.78. The molecular formula is C19H20FNO.